The van der Waals surface area contributed by atoms with Crippen molar-refractivity contribution >= 4 is 17.3 Å². The van der Waals surface area contributed by atoms with Crippen LogP contribution >= 0.6 is 11.6 Å². The van der Waals surface area contributed by atoms with E-state index in [0.717, 1.165) is 17.0 Å². The van der Waals surface area contributed by atoms with Crippen molar-refractivity contribution in [3.8, 4) is 5.75 Å². The van der Waals surface area contributed by atoms with Gasteiger partial charge in [-0.3, -0.25) is 0 Å². The molecule has 1 unspecified atom stereocenters. The van der Waals surface area contributed by atoms with Crippen molar-refractivity contribution in [2.75, 3.05) is 11.9 Å². The van der Waals surface area contributed by atoms with Gasteiger partial charge in [0.15, 0.2) is 0 Å². The van der Waals surface area contributed by atoms with E-state index in [0.29, 0.717) is 6.61 Å². The summed E-state index contributed by atoms with van der Waals surface area (Å²) < 4.78 is 18.6. The van der Waals surface area contributed by atoms with Crippen molar-refractivity contribution in [1.82, 2.24) is 0 Å². The largest absolute Gasteiger partial charge is 0.494 e. The molecule has 0 aliphatic heterocycles. The first-order chi connectivity index (χ1) is 9.60. The lowest BCUT2D eigenvalue weighted by Crippen LogP contribution is -2.07. The number of anilines is 1. The Morgan fingerprint density at radius 1 is 1.25 bits per heavy atom. The second-order valence-corrected chi connectivity index (χ2v) is 4.91. The van der Waals surface area contributed by atoms with Gasteiger partial charge in [-0.15, -0.1) is 0 Å². The van der Waals surface area contributed by atoms with E-state index in [4.69, 9.17) is 16.3 Å². The van der Waals surface area contributed by atoms with E-state index in [1.54, 1.807) is 12.1 Å². The number of rotatable bonds is 5. The van der Waals surface area contributed by atoms with E-state index in [1.165, 1.54) is 6.07 Å². The van der Waals surface area contributed by atoms with Crippen molar-refractivity contribution in [2.24, 2.45) is 0 Å². The lowest BCUT2D eigenvalue weighted by Gasteiger charge is -2.17. The van der Waals surface area contributed by atoms with Crippen LogP contribution in [-0.2, 0) is 0 Å². The summed E-state index contributed by atoms with van der Waals surface area (Å²) in [6.45, 7) is 4.58. The second kappa shape index (κ2) is 6.62. The van der Waals surface area contributed by atoms with E-state index in [2.05, 4.69) is 5.32 Å². The van der Waals surface area contributed by atoms with Gasteiger partial charge in [-0.2, -0.15) is 0 Å². The first kappa shape index (κ1) is 14.7. The van der Waals surface area contributed by atoms with Crippen LogP contribution in [0.5, 0.6) is 5.75 Å². The first-order valence-electron chi connectivity index (χ1n) is 6.54. The number of nitrogens with one attached hydrogen (secondary N) is 1. The fraction of sp³-hybridized carbons (Fsp3) is 0.250. The second-order valence-electron chi connectivity index (χ2n) is 4.50. The summed E-state index contributed by atoms with van der Waals surface area (Å²) in [5.74, 6) is 0.419. The third-order valence-electron chi connectivity index (χ3n) is 2.97. The molecule has 2 rings (SSSR count). The summed E-state index contributed by atoms with van der Waals surface area (Å²) >= 11 is 5.80. The van der Waals surface area contributed by atoms with Crippen molar-refractivity contribution in [3.63, 3.8) is 0 Å². The maximum absolute atomic E-state index is 13.2. The summed E-state index contributed by atoms with van der Waals surface area (Å²) in [6.07, 6.45) is 0. The van der Waals surface area contributed by atoms with Gasteiger partial charge in [0.1, 0.15) is 11.6 Å². The van der Waals surface area contributed by atoms with Crippen LogP contribution in [0.1, 0.15) is 25.5 Å². The highest BCUT2D eigenvalue weighted by atomic mass is 35.5. The molecule has 20 heavy (non-hydrogen) atoms. The van der Waals surface area contributed by atoms with Gasteiger partial charge < -0.3 is 10.1 Å². The highest BCUT2D eigenvalue weighted by molar-refractivity contribution is 6.30. The van der Waals surface area contributed by atoms with Crippen molar-refractivity contribution in [1.29, 1.82) is 0 Å². The van der Waals surface area contributed by atoms with Crippen LogP contribution in [0.15, 0.2) is 42.5 Å². The molecule has 0 saturated carbocycles. The highest BCUT2D eigenvalue weighted by Crippen LogP contribution is 2.25. The fourth-order valence-electron chi connectivity index (χ4n) is 1.96. The molecule has 0 amide bonds. The molecule has 2 aromatic carbocycles. The Morgan fingerprint density at radius 2 is 2.05 bits per heavy atom. The van der Waals surface area contributed by atoms with Crippen molar-refractivity contribution in [3.05, 3.63) is 58.9 Å². The molecule has 0 bridgehead atoms. The molecular formula is C16H17ClFNO. The van der Waals surface area contributed by atoms with Crippen LogP contribution in [0.4, 0.5) is 10.1 Å². The van der Waals surface area contributed by atoms with Gasteiger partial charge in [0.05, 0.1) is 11.6 Å². The zero-order valence-corrected chi connectivity index (χ0v) is 12.2. The number of hydrogen-bond donors (Lipinski definition) is 1. The van der Waals surface area contributed by atoms with Crippen LogP contribution in [0.3, 0.4) is 0 Å². The summed E-state index contributed by atoms with van der Waals surface area (Å²) in [4.78, 5) is 0. The van der Waals surface area contributed by atoms with E-state index in [1.807, 2.05) is 38.1 Å². The first-order valence-corrected chi connectivity index (χ1v) is 6.92. The molecule has 0 saturated heterocycles. The third-order valence-corrected chi connectivity index (χ3v) is 3.26. The average molecular weight is 294 g/mol. The quantitative estimate of drug-likeness (QED) is 0.833. The van der Waals surface area contributed by atoms with Gasteiger partial charge in [0.25, 0.3) is 0 Å². The smallest absolute Gasteiger partial charge is 0.141 e. The Kier molecular flexibility index (Phi) is 4.85. The van der Waals surface area contributed by atoms with Crippen LogP contribution in [-0.4, -0.2) is 6.61 Å². The molecular weight excluding hydrogens is 277 g/mol. The summed E-state index contributed by atoms with van der Waals surface area (Å²) in [5.41, 5.74) is 1.88. The lowest BCUT2D eigenvalue weighted by atomic mass is 10.1. The molecule has 106 valence electrons. The molecule has 0 fully saturated rings. The van der Waals surface area contributed by atoms with Gasteiger partial charge in [-0.05, 0) is 43.7 Å². The number of halogens is 2. The highest BCUT2D eigenvalue weighted by Gasteiger charge is 2.08. The lowest BCUT2D eigenvalue weighted by molar-refractivity contribution is 0.340. The molecule has 1 N–H and O–H groups in total. The fourth-order valence-corrected chi connectivity index (χ4v) is 2.15. The van der Waals surface area contributed by atoms with Gasteiger partial charge in [0.2, 0.25) is 0 Å². The van der Waals surface area contributed by atoms with Crippen LogP contribution in [0.2, 0.25) is 5.02 Å². The Balaban J connectivity index is 2.12. The zero-order chi connectivity index (χ0) is 14.5. The third kappa shape index (κ3) is 3.64. The van der Waals surface area contributed by atoms with Crippen molar-refractivity contribution in [2.45, 2.75) is 19.9 Å². The summed E-state index contributed by atoms with van der Waals surface area (Å²) in [6, 6.07) is 12.5. The topological polar surface area (TPSA) is 21.3 Å². The maximum atomic E-state index is 13.2. The van der Waals surface area contributed by atoms with E-state index in [-0.39, 0.29) is 11.1 Å². The zero-order valence-electron chi connectivity index (χ0n) is 11.5. The van der Waals surface area contributed by atoms with E-state index >= 15 is 0 Å². The predicted molar refractivity (Wildman–Crippen MR) is 81.1 cm³/mol. The molecule has 2 aromatic rings. The number of benzene rings is 2. The summed E-state index contributed by atoms with van der Waals surface area (Å²) in [5, 5.41) is 3.48. The molecule has 1 atom stereocenters. The van der Waals surface area contributed by atoms with Gasteiger partial charge in [-0.1, -0.05) is 23.7 Å². The Hall–Kier alpha value is -1.74. The molecule has 0 aliphatic carbocycles. The monoisotopic (exact) mass is 293 g/mol. The summed E-state index contributed by atoms with van der Waals surface area (Å²) in [7, 11) is 0. The van der Waals surface area contributed by atoms with Gasteiger partial charge in [-0.25, -0.2) is 4.39 Å². The van der Waals surface area contributed by atoms with E-state index in [9.17, 15) is 4.39 Å². The predicted octanol–water partition coefficient (Wildman–Crippen LogP) is 5.05. The molecule has 0 heterocycles. The van der Waals surface area contributed by atoms with Crippen LogP contribution in [0.25, 0.3) is 0 Å². The molecule has 0 spiro atoms. The maximum Gasteiger partial charge on any atom is 0.141 e. The molecule has 0 aliphatic rings. The molecule has 0 radical (unpaired) electrons. The normalized spacial score (nSPS) is 12.0. The average Bonchev–Trinajstić information content (AvgIpc) is 2.42. The number of ether oxygens (including phenoxy) is 1. The standard InChI is InChI=1S/C16H17ClFNO/c1-3-20-14-6-4-5-13(10-14)19-11(2)12-7-8-16(18)15(17)9-12/h4-11,19H,3H2,1-2H3. The van der Waals surface area contributed by atoms with Crippen molar-refractivity contribution < 1.29 is 9.13 Å². The van der Waals surface area contributed by atoms with Gasteiger partial charge >= 0.3 is 0 Å². The Morgan fingerprint density at radius 3 is 2.75 bits per heavy atom. The van der Waals surface area contributed by atoms with Crippen LogP contribution < -0.4 is 10.1 Å². The molecule has 2 nitrogen and oxygen atoms in total. The SMILES string of the molecule is CCOc1cccc(NC(C)c2ccc(F)c(Cl)c2)c1. The number of hydrogen-bond acceptors (Lipinski definition) is 2. The van der Waals surface area contributed by atoms with Gasteiger partial charge in [0, 0.05) is 17.8 Å². The minimum Gasteiger partial charge on any atom is -0.494 e. The minimum atomic E-state index is -0.402. The molecule has 0 aromatic heterocycles. The Bertz CT molecular complexity index is 588. The minimum absolute atomic E-state index is 0.0185. The Labute approximate surface area is 123 Å². The molecule has 4 heteroatoms. The van der Waals surface area contributed by atoms with Crippen LogP contribution in [0, 0.1) is 5.82 Å². The van der Waals surface area contributed by atoms with E-state index < -0.39 is 5.82 Å².